The number of nitrogens with zero attached hydrogens (tertiary/aromatic N) is 2. The maximum Gasteiger partial charge on any atom is 0.274 e. The molecule has 0 radical (unpaired) electrons. The third-order valence-corrected chi connectivity index (χ3v) is 2.95. The number of nitrogens with two attached hydrogens (primary N) is 1. The number of amides is 1. The molecule has 6 nitrogen and oxygen atoms in total. The number of nitrogens with one attached hydrogen (secondary N) is 1. The van der Waals surface area contributed by atoms with E-state index >= 15 is 0 Å². The molecule has 4 N–H and O–H groups in total. The molecule has 1 amide bonds. The monoisotopic (exact) mass is 274 g/mol. The van der Waals surface area contributed by atoms with Crippen LogP contribution in [0.5, 0.6) is 0 Å². The smallest absolute Gasteiger partial charge is 0.274 e. The van der Waals surface area contributed by atoms with Crippen molar-refractivity contribution in [2.24, 2.45) is 7.05 Å². The number of aromatic nitrogens is 2. The number of rotatable bonds is 5. The van der Waals surface area contributed by atoms with Crippen molar-refractivity contribution in [2.75, 3.05) is 12.3 Å². The van der Waals surface area contributed by atoms with Crippen molar-refractivity contribution in [1.29, 1.82) is 0 Å². The van der Waals surface area contributed by atoms with Crippen LogP contribution in [0.4, 0.5) is 5.69 Å². The first-order valence-corrected chi connectivity index (χ1v) is 6.35. The maximum atomic E-state index is 12.1. The van der Waals surface area contributed by atoms with E-state index in [0.29, 0.717) is 12.1 Å². The summed E-state index contributed by atoms with van der Waals surface area (Å²) in [5.74, 6) is -0.377. The predicted octanol–water partition coefficient (Wildman–Crippen LogP) is 0.336. The SMILES string of the molecule is Cn1cc(N)c(C(=O)N[C@H](CO)Cc2ccccc2)n1. The zero-order chi connectivity index (χ0) is 14.5. The lowest BCUT2D eigenvalue weighted by atomic mass is 10.1. The van der Waals surface area contributed by atoms with Crippen LogP contribution >= 0.6 is 0 Å². The van der Waals surface area contributed by atoms with Crippen LogP contribution < -0.4 is 11.1 Å². The highest BCUT2D eigenvalue weighted by Crippen LogP contribution is 2.09. The Morgan fingerprint density at radius 2 is 2.15 bits per heavy atom. The Balaban J connectivity index is 2.03. The summed E-state index contributed by atoms with van der Waals surface area (Å²) in [4.78, 5) is 12.1. The van der Waals surface area contributed by atoms with Crippen LogP contribution in [0.3, 0.4) is 0 Å². The van der Waals surface area contributed by atoms with E-state index in [2.05, 4.69) is 10.4 Å². The van der Waals surface area contributed by atoms with Gasteiger partial charge in [0.15, 0.2) is 5.69 Å². The normalized spacial score (nSPS) is 12.1. The molecular formula is C14H18N4O2. The van der Waals surface area contributed by atoms with E-state index in [0.717, 1.165) is 5.56 Å². The lowest BCUT2D eigenvalue weighted by molar-refractivity contribution is 0.0911. The van der Waals surface area contributed by atoms with Gasteiger partial charge >= 0.3 is 0 Å². The molecule has 0 aliphatic rings. The molecular weight excluding hydrogens is 256 g/mol. The Bertz CT molecular complexity index is 580. The minimum Gasteiger partial charge on any atom is -0.396 e. The van der Waals surface area contributed by atoms with Crippen LogP contribution in [0, 0.1) is 0 Å². The fourth-order valence-electron chi connectivity index (χ4n) is 2.00. The largest absolute Gasteiger partial charge is 0.396 e. The molecule has 0 spiro atoms. The van der Waals surface area contributed by atoms with E-state index in [9.17, 15) is 9.90 Å². The van der Waals surface area contributed by atoms with Crippen molar-refractivity contribution in [3.05, 3.63) is 47.8 Å². The summed E-state index contributed by atoms with van der Waals surface area (Å²) in [5.41, 5.74) is 7.25. The summed E-state index contributed by atoms with van der Waals surface area (Å²) < 4.78 is 1.48. The van der Waals surface area contributed by atoms with Gasteiger partial charge in [0.2, 0.25) is 0 Å². The number of nitrogen functional groups attached to an aromatic ring is 1. The van der Waals surface area contributed by atoms with Gasteiger partial charge in [0, 0.05) is 13.2 Å². The molecule has 0 bridgehead atoms. The predicted molar refractivity (Wildman–Crippen MR) is 76.1 cm³/mol. The zero-order valence-electron chi connectivity index (χ0n) is 11.3. The van der Waals surface area contributed by atoms with Gasteiger partial charge in [-0.1, -0.05) is 30.3 Å². The first-order chi connectivity index (χ1) is 9.60. The Hall–Kier alpha value is -2.34. The maximum absolute atomic E-state index is 12.1. The molecule has 0 aliphatic heterocycles. The number of hydrogen-bond donors (Lipinski definition) is 3. The molecule has 0 saturated carbocycles. The van der Waals surface area contributed by atoms with Gasteiger partial charge in [0.05, 0.1) is 18.3 Å². The van der Waals surface area contributed by atoms with E-state index in [-0.39, 0.29) is 24.2 Å². The molecule has 20 heavy (non-hydrogen) atoms. The van der Waals surface area contributed by atoms with Crippen LogP contribution in [0.2, 0.25) is 0 Å². The first kappa shape index (κ1) is 14.1. The molecule has 0 fully saturated rings. The average Bonchev–Trinajstić information content (AvgIpc) is 2.78. The third kappa shape index (κ3) is 3.36. The second kappa shape index (κ2) is 6.21. The van der Waals surface area contributed by atoms with Crippen molar-refractivity contribution >= 4 is 11.6 Å². The summed E-state index contributed by atoms with van der Waals surface area (Å²) in [6, 6.07) is 9.29. The quantitative estimate of drug-likeness (QED) is 0.732. The number of carbonyl (C=O) groups excluding carboxylic acids is 1. The van der Waals surface area contributed by atoms with E-state index in [1.165, 1.54) is 4.68 Å². The van der Waals surface area contributed by atoms with Gasteiger partial charge < -0.3 is 16.2 Å². The minimum absolute atomic E-state index is 0.145. The summed E-state index contributed by atoms with van der Waals surface area (Å²) in [6.45, 7) is -0.145. The fraction of sp³-hybridized carbons (Fsp3) is 0.286. The lowest BCUT2D eigenvalue weighted by Crippen LogP contribution is -2.39. The van der Waals surface area contributed by atoms with Crippen LogP contribution in [0.15, 0.2) is 36.5 Å². The highest BCUT2D eigenvalue weighted by molar-refractivity contribution is 5.97. The second-order valence-electron chi connectivity index (χ2n) is 4.65. The van der Waals surface area contributed by atoms with Crippen LogP contribution in [0.1, 0.15) is 16.1 Å². The fourth-order valence-corrected chi connectivity index (χ4v) is 2.00. The lowest BCUT2D eigenvalue weighted by Gasteiger charge is -2.15. The Labute approximate surface area is 117 Å². The third-order valence-electron chi connectivity index (χ3n) is 2.95. The molecule has 6 heteroatoms. The van der Waals surface area contributed by atoms with Crippen LogP contribution in [-0.4, -0.2) is 33.4 Å². The van der Waals surface area contributed by atoms with Gasteiger partial charge in [-0.2, -0.15) is 5.10 Å². The van der Waals surface area contributed by atoms with Gasteiger partial charge in [-0.15, -0.1) is 0 Å². The highest BCUT2D eigenvalue weighted by atomic mass is 16.3. The van der Waals surface area contributed by atoms with E-state index < -0.39 is 0 Å². The molecule has 2 rings (SSSR count). The van der Waals surface area contributed by atoms with E-state index in [4.69, 9.17) is 5.73 Å². The van der Waals surface area contributed by atoms with Crippen LogP contribution in [-0.2, 0) is 13.5 Å². The van der Waals surface area contributed by atoms with Crippen molar-refractivity contribution in [1.82, 2.24) is 15.1 Å². The number of aliphatic hydroxyl groups excluding tert-OH is 1. The number of benzene rings is 1. The van der Waals surface area contributed by atoms with E-state index in [1.54, 1.807) is 13.2 Å². The van der Waals surface area contributed by atoms with Gasteiger partial charge in [0.25, 0.3) is 5.91 Å². The average molecular weight is 274 g/mol. The Kier molecular flexibility index (Phi) is 4.37. The van der Waals surface area contributed by atoms with Gasteiger partial charge in [-0.25, -0.2) is 0 Å². The second-order valence-corrected chi connectivity index (χ2v) is 4.65. The van der Waals surface area contributed by atoms with E-state index in [1.807, 2.05) is 30.3 Å². The van der Waals surface area contributed by atoms with Gasteiger partial charge in [-0.3, -0.25) is 9.48 Å². The number of carbonyl (C=O) groups is 1. The standard InChI is InChI=1S/C14H18N4O2/c1-18-8-12(15)13(17-18)14(20)16-11(9-19)7-10-5-3-2-4-6-10/h2-6,8,11,19H,7,9,15H2,1H3,(H,16,20)/t11-/m0/s1. The van der Waals surface area contributed by atoms with Crippen molar-refractivity contribution in [2.45, 2.75) is 12.5 Å². The highest BCUT2D eigenvalue weighted by Gasteiger charge is 2.18. The molecule has 0 saturated heterocycles. The zero-order valence-corrected chi connectivity index (χ0v) is 11.3. The summed E-state index contributed by atoms with van der Waals surface area (Å²) in [5, 5.41) is 16.1. The molecule has 0 unspecified atom stereocenters. The summed E-state index contributed by atoms with van der Waals surface area (Å²) >= 11 is 0. The summed E-state index contributed by atoms with van der Waals surface area (Å²) in [6.07, 6.45) is 2.12. The molecule has 2 aromatic rings. The molecule has 1 atom stereocenters. The number of aliphatic hydroxyl groups is 1. The number of hydrogen-bond acceptors (Lipinski definition) is 4. The summed E-state index contributed by atoms with van der Waals surface area (Å²) in [7, 11) is 1.70. The van der Waals surface area contributed by atoms with Crippen molar-refractivity contribution < 1.29 is 9.90 Å². The first-order valence-electron chi connectivity index (χ1n) is 6.35. The molecule has 0 aliphatic carbocycles. The Morgan fingerprint density at radius 3 is 2.70 bits per heavy atom. The minimum atomic E-state index is -0.377. The number of anilines is 1. The number of aryl methyl sites for hydroxylation is 1. The topological polar surface area (TPSA) is 93.2 Å². The molecule has 106 valence electrons. The Morgan fingerprint density at radius 1 is 1.45 bits per heavy atom. The van der Waals surface area contributed by atoms with Gasteiger partial charge in [-0.05, 0) is 12.0 Å². The van der Waals surface area contributed by atoms with Crippen molar-refractivity contribution in [3.63, 3.8) is 0 Å². The van der Waals surface area contributed by atoms with Gasteiger partial charge in [0.1, 0.15) is 0 Å². The molecule has 1 heterocycles. The molecule has 1 aromatic carbocycles. The van der Waals surface area contributed by atoms with Crippen LogP contribution in [0.25, 0.3) is 0 Å². The molecule has 1 aromatic heterocycles. The van der Waals surface area contributed by atoms with Crippen molar-refractivity contribution in [3.8, 4) is 0 Å².